The largest absolute Gasteiger partial charge is 0.481 e. The minimum atomic E-state index is -0.644. The van der Waals surface area contributed by atoms with Crippen LogP contribution in [0.25, 0.3) is 12.2 Å². The molecule has 132 valence electrons. The molecule has 0 radical (unpaired) electrons. The summed E-state index contributed by atoms with van der Waals surface area (Å²) in [7, 11) is 0. The second-order valence-electron chi connectivity index (χ2n) is 5.39. The summed E-state index contributed by atoms with van der Waals surface area (Å²) in [5.41, 5.74) is 1.00. The molecule has 1 heterocycles. The number of halogens is 1. The van der Waals surface area contributed by atoms with Gasteiger partial charge in [0.1, 0.15) is 10.8 Å². The van der Waals surface area contributed by atoms with Crippen molar-refractivity contribution in [1.29, 1.82) is 0 Å². The fourth-order valence-corrected chi connectivity index (χ4v) is 2.83. The molecule has 0 bridgehead atoms. The van der Waals surface area contributed by atoms with E-state index in [0.717, 1.165) is 5.56 Å². The Morgan fingerprint density at radius 3 is 2.58 bits per heavy atom. The predicted molar refractivity (Wildman–Crippen MR) is 105 cm³/mol. The second kappa shape index (κ2) is 8.60. The van der Waals surface area contributed by atoms with Gasteiger partial charge in [-0.05, 0) is 42.8 Å². The Morgan fingerprint density at radius 2 is 1.85 bits per heavy atom. The van der Waals surface area contributed by atoms with Gasteiger partial charge in [-0.2, -0.15) is 0 Å². The quantitative estimate of drug-likeness (QED) is 0.663. The number of nitrogens with zero attached hydrogens (tertiary/aromatic N) is 2. The number of benzene rings is 2. The van der Waals surface area contributed by atoms with Crippen LogP contribution in [0.4, 0.5) is 5.13 Å². The molecular formula is C19H16ClN3O2S. The Hall–Kier alpha value is -2.70. The smallest absolute Gasteiger partial charge is 0.266 e. The predicted octanol–water partition coefficient (Wildman–Crippen LogP) is 4.77. The average molecular weight is 386 g/mol. The molecule has 3 aromatic rings. The van der Waals surface area contributed by atoms with E-state index in [2.05, 4.69) is 15.5 Å². The number of aromatic nitrogens is 2. The van der Waals surface area contributed by atoms with Crippen molar-refractivity contribution in [2.45, 2.75) is 13.0 Å². The summed E-state index contributed by atoms with van der Waals surface area (Å²) in [6.07, 6.45) is 3.10. The van der Waals surface area contributed by atoms with Crippen LogP contribution in [0.15, 0.2) is 54.6 Å². The number of hydrogen-bond acceptors (Lipinski definition) is 5. The van der Waals surface area contributed by atoms with E-state index in [9.17, 15) is 4.79 Å². The molecule has 1 amide bonds. The van der Waals surface area contributed by atoms with Crippen LogP contribution in [-0.4, -0.2) is 22.2 Å². The molecule has 5 nitrogen and oxygen atoms in total. The summed E-state index contributed by atoms with van der Waals surface area (Å²) in [4.78, 5) is 12.2. The van der Waals surface area contributed by atoms with Gasteiger partial charge in [0.2, 0.25) is 5.13 Å². The number of amides is 1. The van der Waals surface area contributed by atoms with E-state index < -0.39 is 6.10 Å². The third-order valence-electron chi connectivity index (χ3n) is 3.38. The van der Waals surface area contributed by atoms with Crippen LogP contribution < -0.4 is 10.1 Å². The van der Waals surface area contributed by atoms with Crippen molar-refractivity contribution in [2.24, 2.45) is 0 Å². The molecule has 0 saturated heterocycles. The molecule has 0 saturated carbocycles. The Bertz CT molecular complexity index is 895. The molecule has 0 aliphatic carbocycles. The van der Waals surface area contributed by atoms with Crippen molar-refractivity contribution < 1.29 is 9.53 Å². The fraction of sp³-hybridized carbons (Fsp3) is 0.105. The number of carbonyl (C=O) groups is 1. The van der Waals surface area contributed by atoms with Gasteiger partial charge < -0.3 is 4.74 Å². The fourth-order valence-electron chi connectivity index (χ4n) is 2.06. The molecule has 26 heavy (non-hydrogen) atoms. The van der Waals surface area contributed by atoms with Gasteiger partial charge in [0, 0.05) is 5.02 Å². The third-order valence-corrected chi connectivity index (χ3v) is 4.44. The molecular weight excluding hydrogens is 370 g/mol. The summed E-state index contributed by atoms with van der Waals surface area (Å²) in [6, 6.07) is 16.6. The van der Waals surface area contributed by atoms with Crippen molar-refractivity contribution in [3.8, 4) is 5.75 Å². The van der Waals surface area contributed by atoms with Crippen LogP contribution in [0.1, 0.15) is 17.5 Å². The Kier molecular flexibility index (Phi) is 5.99. The van der Waals surface area contributed by atoms with E-state index >= 15 is 0 Å². The number of para-hydroxylation sites is 1. The normalized spacial score (nSPS) is 12.1. The maximum Gasteiger partial charge on any atom is 0.266 e. The first kappa shape index (κ1) is 18.1. The van der Waals surface area contributed by atoms with Gasteiger partial charge >= 0.3 is 0 Å². The van der Waals surface area contributed by atoms with Crippen molar-refractivity contribution in [1.82, 2.24) is 10.2 Å². The molecule has 0 spiro atoms. The maximum atomic E-state index is 12.2. The summed E-state index contributed by atoms with van der Waals surface area (Å²) in [6.45, 7) is 1.69. The minimum absolute atomic E-state index is 0.279. The number of hydrogen-bond donors (Lipinski definition) is 1. The molecule has 0 fully saturated rings. The standard InChI is InChI=1S/C19H16ClN3O2S/c1-13(25-16-5-3-2-4-6-16)18(24)21-19-23-22-17(26-19)12-9-14-7-10-15(20)11-8-14/h2-13H,1H3,(H,21,23,24)/b12-9+/t13-/m1/s1. The molecule has 7 heteroatoms. The number of ether oxygens (including phenoxy) is 1. The highest BCUT2D eigenvalue weighted by atomic mass is 35.5. The van der Waals surface area contributed by atoms with Gasteiger partial charge in [-0.1, -0.05) is 59.3 Å². The molecule has 0 aliphatic rings. The van der Waals surface area contributed by atoms with Gasteiger partial charge in [0.25, 0.3) is 5.91 Å². The first-order valence-electron chi connectivity index (χ1n) is 7.90. The first-order chi connectivity index (χ1) is 12.6. The van der Waals surface area contributed by atoms with Crippen molar-refractivity contribution in [2.75, 3.05) is 5.32 Å². The second-order valence-corrected chi connectivity index (χ2v) is 6.84. The lowest BCUT2D eigenvalue weighted by atomic mass is 10.2. The van der Waals surface area contributed by atoms with E-state index in [1.54, 1.807) is 19.1 Å². The molecule has 0 unspecified atom stereocenters. The van der Waals surface area contributed by atoms with Crippen LogP contribution in [-0.2, 0) is 4.79 Å². The lowest BCUT2D eigenvalue weighted by Gasteiger charge is -2.13. The Morgan fingerprint density at radius 1 is 1.12 bits per heavy atom. The van der Waals surface area contributed by atoms with Gasteiger partial charge in [0.15, 0.2) is 6.10 Å². The average Bonchev–Trinajstić information content (AvgIpc) is 3.09. The highest BCUT2D eigenvalue weighted by Gasteiger charge is 2.16. The summed E-state index contributed by atoms with van der Waals surface area (Å²) in [5.74, 6) is 0.359. The highest BCUT2D eigenvalue weighted by molar-refractivity contribution is 7.16. The number of rotatable bonds is 6. The zero-order valence-electron chi connectivity index (χ0n) is 13.9. The Balaban J connectivity index is 1.57. The van der Waals surface area contributed by atoms with Gasteiger partial charge in [-0.25, -0.2) is 0 Å². The van der Waals surface area contributed by atoms with Crippen LogP contribution in [0.3, 0.4) is 0 Å². The van der Waals surface area contributed by atoms with Crippen molar-refractivity contribution >= 4 is 46.1 Å². The van der Waals surface area contributed by atoms with Crippen LogP contribution in [0.2, 0.25) is 5.02 Å². The van der Waals surface area contributed by atoms with Gasteiger partial charge in [-0.3, -0.25) is 10.1 Å². The van der Waals surface area contributed by atoms with Crippen molar-refractivity contribution in [3.05, 3.63) is 70.2 Å². The summed E-state index contributed by atoms with van der Waals surface area (Å²) < 4.78 is 5.59. The van der Waals surface area contributed by atoms with Gasteiger partial charge in [-0.15, -0.1) is 10.2 Å². The molecule has 1 aromatic heterocycles. The third kappa shape index (κ3) is 5.15. The molecule has 1 N–H and O–H groups in total. The SMILES string of the molecule is C[C@@H](Oc1ccccc1)C(=O)Nc1nnc(/C=C/c2ccc(Cl)cc2)s1. The van der Waals surface area contributed by atoms with Crippen molar-refractivity contribution in [3.63, 3.8) is 0 Å². The lowest BCUT2D eigenvalue weighted by molar-refractivity contribution is -0.122. The topological polar surface area (TPSA) is 64.1 Å². The van der Waals surface area contributed by atoms with E-state index in [1.165, 1.54) is 11.3 Å². The lowest BCUT2D eigenvalue weighted by Crippen LogP contribution is -2.30. The van der Waals surface area contributed by atoms with E-state index in [-0.39, 0.29) is 5.91 Å². The number of carbonyl (C=O) groups excluding carboxylic acids is 1. The van der Waals surface area contributed by atoms with Crippen LogP contribution >= 0.6 is 22.9 Å². The zero-order valence-corrected chi connectivity index (χ0v) is 15.5. The molecule has 1 atom stereocenters. The van der Waals surface area contributed by atoms with Crippen LogP contribution in [0.5, 0.6) is 5.75 Å². The van der Waals surface area contributed by atoms with E-state index in [1.807, 2.05) is 54.6 Å². The van der Waals surface area contributed by atoms with E-state index in [0.29, 0.717) is 20.9 Å². The molecule has 0 aliphatic heterocycles. The maximum absolute atomic E-state index is 12.2. The van der Waals surface area contributed by atoms with Gasteiger partial charge in [0.05, 0.1) is 0 Å². The minimum Gasteiger partial charge on any atom is -0.481 e. The van der Waals surface area contributed by atoms with E-state index in [4.69, 9.17) is 16.3 Å². The number of nitrogens with one attached hydrogen (secondary N) is 1. The monoisotopic (exact) mass is 385 g/mol. The summed E-state index contributed by atoms with van der Waals surface area (Å²) >= 11 is 7.15. The molecule has 2 aromatic carbocycles. The summed E-state index contributed by atoms with van der Waals surface area (Å²) in [5, 5.41) is 12.5. The molecule has 3 rings (SSSR count). The number of anilines is 1. The zero-order chi connectivity index (χ0) is 18.4. The van der Waals surface area contributed by atoms with Crippen LogP contribution in [0, 0.1) is 0 Å². The highest BCUT2D eigenvalue weighted by Crippen LogP contribution is 2.19. The first-order valence-corrected chi connectivity index (χ1v) is 9.09. The Labute approximate surface area is 160 Å².